The molecule has 0 N–H and O–H groups in total. The zero-order valence-corrected chi connectivity index (χ0v) is 8.63. The molecule has 1 saturated carbocycles. The number of ether oxygens (including phenoxy) is 1. The molecule has 1 fully saturated rings. The van der Waals surface area contributed by atoms with Gasteiger partial charge in [0, 0.05) is 10.5 Å². The number of hydrogen-bond donors (Lipinski definition) is 0. The summed E-state index contributed by atoms with van der Waals surface area (Å²) in [4.78, 5) is 0. The molecule has 60 valence electrons. The van der Waals surface area contributed by atoms with Crippen molar-refractivity contribution in [2.45, 2.75) is 42.6 Å². The van der Waals surface area contributed by atoms with Gasteiger partial charge in [-0.05, 0) is 19.8 Å². The maximum Gasteiger partial charge on any atom is 0.0692 e. The molecule has 1 nitrogen and oxygen atoms in total. The van der Waals surface area contributed by atoms with E-state index in [0.717, 1.165) is 10.5 Å². The van der Waals surface area contributed by atoms with Gasteiger partial charge in [0.2, 0.25) is 0 Å². The molecule has 10 heavy (non-hydrogen) atoms. The van der Waals surface area contributed by atoms with Crippen LogP contribution in [0, 0.1) is 0 Å². The normalized spacial score (nSPS) is 34.2. The van der Waals surface area contributed by atoms with Crippen molar-refractivity contribution >= 4 is 22.6 Å². The quantitative estimate of drug-likeness (QED) is 0.544. The summed E-state index contributed by atoms with van der Waals surface area (Å²) in [6.07, 6.45) is 5.95. The first-order valence-electron chi connectivity index (χ1n) is 4.10. The summed E-state index contributed by atoms with van der Waals surface area (Å²) in [5, 5.41) is 0. The van der Waals surface area contributed by atoms with E-state index in [1.54, 1.807) is 0 Å². The van der Waals surface area contributed by atoms with E-state index >= 15 is 0 Å². The Morgan fingerprint density at radius 2 is 2.10 bits per heavy atom. The predicted molar refractivity (Wildman–Crippen MR) is 51.7 cm³/mol. The van der Waals surface area contributed by atoms with Crippen LogP contribution in [0.4, 0.5) is 0 Å². The highest BCUT2D eigenvalue weighted by atomic mass is 127. The average Bonchev–Trinajstić information content (AvgIpc) is 1.94. The Hall–Kier alpha value is 0.690. The smallest absolute Gasteiger partial charge is 0.0692 e. The van der Waals surface area contributed by atoms with Crippen LogP contribution in [-0.4, -0.2) is 16.6 Å². The molecule has 2 heteroatoms. The average molecular weight is 254 g/mol. The van der Waals surface area contributed by atoms with Crippen molar-refractivity contribution in [2.24, 2.45) is 0 Å². The van der Waals surface area contributed by atoms with Gasteiger partial charge in [-0.3, -0.25) is 0 Å². The lowest BCUT2D eigenvalue weighted by Gasteiger charge is -2.26. The van der Waals surface area contributed by atoms with E-state index < -0.39 is 0 Å². The van der Waals surface area contributed by atoms with Crippen LogP contribution in [0.2, 0.25) is 0 Å². The van der Waals surface area contributed by atoms with Crippen LogP contribution >= 0.6 is 22.6 Å². The van der Waals surface area contributed by atoms with Gasteiger partial charge in [0.05, 0.1) is 6.10 Å². The number of hydrogen-bond acceptors (Lipinski definition) is 1. The van der Waals surface area contributed by atoms with Gasteiger partial charge in [-0.1, -0.05) is 35.4 Å². The molecule has 0 amide bonds. The van der Waals surface area contributed by atoms with E-state index in [4.69, 9.17) is 4.74 Å². The van der Waals surface area contributed by atoms with Crippen molar-refractivity contribution in [3.8, 4) is 0 Å². The first kappa shape index (κ1) is 8.78. The van der Waals surface area contributed by atoms with Gasteiger partial charge >= 0.3 is 0 Å². The third-order valence-electron chi connectivity index (χ3n) is 2.00. The van der Waals surface area contributed by atoms with Crippen molar-refractivity contribution in [1.82, 2.24) is 0 Å². The molecule has 0 radical (unpaired) electrons. The fourth-order valence-corrected chi connectivity index (χ4v) is 2.46. The lowest BCUT2D eigenvalue weighted by atomic mass is 9.98. The third-order valence-corrected chi connectivity index (χ3v) is 3.43. The minimum atomic E-state index is 0.555. The fourth-order valence-electron chi connectivity index (χ4n) is 1.45. The second-order valence-electron chi connectivity index (χ2n) is 2.79. The van der Waals surface area contributed by atoms with Crippen molar-refractivity contribution in [2.75, 3.05) is 6.61 Å². The molecule has 1 aliphatic carbocycles. The standard InChI is InChI=1S/C8H15IO/c1-2-10-8-6-4-3-5-7(8)9/h7-8H,2-6H2,1H3. The first-order chi connectivity index (χ1) is 4.84. The Morgan fingerprint density at radius 3 is 2.70 bits per heavy atom. The summed E-state index contributed by atoms with van der Waals surface area (Å²) in [6.45, 7) is 2.96. The molecule has 2 atom stereocenters. The van der Waals surface area contributed by atoms with Crippen LogP contribution in [0.15, 0.2) is 0 Å². The minimum absolute atomic E-state index is 0.555. The van der Waals surface area contributed by atoms with Gasteiger partial charge in [-0.15, -0.1) is 0 Å². The highest BCUT2D eigenvalue weighted by Gasteiger charge is 2.22. The van der Waals surface area contributed by atoms with Crippen LogP contribution in [0.3, 0.4) is 0 Å². The SMILES string of the molecule is CCOC1CCCCC1I. The molecule has 0 aromatic rings. The molecule has 0 aromatic carbocycles. The van der Waals surface area contributed by atoms with E-state index in [0.29, 0.717) is 6.10 Å². The Kier molecular flexibility index (Phi) is 3.99. The van der Waals surface area contributed by atoms with E-state index in [1.165, 1.54) is 25.7 Å². The zero-order chi connectivity index (χ0) is 7.40. The van der Waals surface area contributed by atoms with Gasteiger partial charge in [0.15, 0.2) is 0 Å². The van der Waals surface area contributed by atoms with Crippen LogP contribution < -0.4 is 0 Å². The van der Waals surface area contributed by atoms with Crippen LogP contribution in [0.1, 0.15) is 32.6 Å². The van der Waals surface area contributed by atoms with Crippen LogP contribution in [0.25, 0.3) is 0 Å². The predicted octanol–water partition coefficient (Wildman–Crippen LogP) is 2.77. The lowest BCUT2D eigenvalue weighted by molar-refractivity contribution is 0.0450. The van der Waals surface area contributed by atoms with Crippen LogP contribution in [0.5, 0.6) is 0 Å². The monoisotopic (exact) mass is 254 g/mol. The summed E-state index contributed by atoms with van der Waals surface area (Å²) in [5.74, 6) is 0. The van der Waals surface area contributed by atoms with Gasteiger partial charge < -0.3 is 4.74 Å². The number of rotatable bonds is 2. The Bertz CT molecular complexity index is 93.3. The summed E-state index contributed by atoms with van der Waals surface area (Å²) >= 11 is 2.52. The van der Waals surface area contributed by atoms with Gasteiger partial charge in [-0.25, -0.2) is 0 Å². The zero-order valence-electron chi connectivity index (χ0n) is 6.48. The summed E-state index contributed by atoms with van der Waals surface area (Å²) in [5.41, 5.74) is 0. The molecule has 0 spiro atoms. The van der Waals surface area contributed by atoms with E-state index in [2.05, 4.69) is 29.5 Å². The second kappa shape index (κ2) is 4.54. The van der Waals surface area contributed by atoms with Gasteiger partial charge in [0.25, 0.3) is 0 Å². The molecular weight excluding hydrogens is 239 g/mol. The highest BCUT2D eigenvalue weighted by Crippen LogP contribution is 2.26. The molecule has 2 unspecified atom stereocenters. The molecule has 0 bridgehead atoms. The third kappa shape index (κ3) is 2.38. The maximum atomic E-state index is 5.59. The van der Waals surface area contributed by atoms with Crippen molar-refractivity contribution in [3.63, 3.8) is 0 Å². The highest BCUT2D eigenvalue weighted by molar-refractivity contribution is 14.1. The topological polar surface area (TPSA) is 9.23 Å². The largest absolute Gasteiger partial charge is 0.377 e. The molecule has 0 saturated heterocycles. The molecule has 0 aromatic heterocycles. The summed E-state index contributed by atoms with van der Waals surface area (Å²) in [6, 6.07) is 0. The number of halogens is 1. The first-order valence-corrected chi connectivity index (χ1v) is 5.35. The summed E-state index contributed by atoms with van der Waals surface area (Å²) in [7, 11) is 0. The maximum absolute atomic E-state index is 5.59. The van der Waals surface area contributed by atoms with Gasteiger partial charge in [0.1, 0.15) is 0 Å². The van der Waals surface area contributed by atoms with E-state index in [9.17, 15) is 0 Å². The molecular formula is C8H15IO. The van der Waals surface area contributed by atoms with E-state index in [1.807, 2.05) is 0 Å². The second-order valence-corrected chi connectivity index (χ2v) is 4.39. The lowest BCUT2D eigenvalue weighted by Crippen LogP contribution is -2.27. The fraction of sp³-hybridized carbons (Fsp3) is 1.00. The van der Waals surface area contributed by atoms with Crippen molar-refractivity contribution in [3.05, 3.63) is 0 Å². The Labute approximate surface area is 76.7 Å². The number of alkyl halides is 1. The van der Waals surface area contributed by atoms with E-state index in [-0.39, 0.29) is 0 Å². The molecule has 0 heterocycles. The molecule has 1 rings (SSSR count). The Morgan fingerprint density at radius 1 is 1.40 bits per heavy atom. The van der Waals surface area contributed by atoms with Gasteiger partial charge in [-0.2, -0.15) is 0 Å². The van der Waals surface area contributed by atoms with Crippen LogP contribution in [-0.2, 0) is 4.74 Å². The van der Waals surface area contributed by atoms with Crippen molar-refractivity contribution < 1.29 is 4.74 Å². The summed E-state index contributed by atoms with van der Waals surface area (Å²) < 4.78 is 6.36. The Balaban J connectivity index is 2.25. The van der Waals surface area contributed by atoms with Crippen molar-refractivity contribution in [1.29, 1.82) is 0 Å². The minimum Gasteiger partial charge on any atom is -0.377 e. The molecule has 1 aliphatic rings. The molecule has 0 aliphatic heterocycles.